The molecule has 2 rings (SSSR count). The Hall–Kier alpha value is -1.20. The molecule has 0 aliphatic carbocycles. The fourth-order valence-corrected chi connectivity index (χ4v) is 2.58. The summed E-state index contributed by atoms with van der Waals surface area (Å²) in [6.07, 6.45) is 1.72. The van der Waals surface area contributed by atoms with Crippen LogP contribution in [0.3, 0.4) is 0 Å². The smallest absolute Gasteiger partial charge is 0.102 e. The van der Waals surface area contributed by atoms with Crippen LogP contribution in [0.15, 0.2) is 12.3 Å². The Balaban J connectivity index is 2.13. The predicted molar refractivity (Wildman–Crippen MR) is 63.5 cm³/mol. The van der Waals surface area contributed by atoms with Crippen LogP contribution < -0.4 is 0 Å². The fraction of sp³-hybridized carbons (Fsp3) is 0.455. The van der Waals surface area contributed by atoms with Crippen molar-refractivity contribution in [1.82, 2.24) is 14.8 Å². The average molecular weight is 237 g/mol. The summed E-state index contributed by atoms with van der Waals surface area (Å²) in [6, 6.07) is 1.83. The second-order valence-corrected chi connectivity index (χ2v) is 5.14. The lowest BCUT2D eigenvalue weighted by molar-refractivity contribution is 0.168. The largest absolute Gasteiger partial charge is 0.386 e. The SMILES string of the molecule is Cc1nc(CC(O)c2ccnn2C)sc1C. The summed E-state index contributed by atoms with van der Waals surface area (Å²) in [7, 11) is 1.83. The third-order valence-electron chi connectivity index (χ3n) is 2.64. The van der Waals surface area contributed by atoms with Crippen molar-refractivity contribution in [3.63, 3.8) is 0 Å². The Morgan fingerprint density at radius 1 is 1.50 bits per heavy atom. The fourth-order valence-electron chi connectivity index (χ4n) is 1.61. The maximum absolute atomic E-state index is 10.0. The molecule has 16 heavy (non-hydrogen) atoms. The van der Waals surface area contributed by atoms with Crippen LogP contribution in [0.5, 0.6) is 0 Å². The molecule has 1 unspecified atom stereocenters. The summed E-state index contributed by atoms with van der Waals surface area (Å²) in [5, 5.41) is 15.1. The van der Waals surface area contributed by atoms with Gasteiger partial charge in [-0.25, -0.2) is 4.98 Å². The van der Waals surface area contributed by atoms with E-state index in [-0.39, 0.29) is 0 Å². The summed E-state index contributed by atoms with van der Waals surface area (Å²) in [6.45, 7) is 4.04. The van der Waals surface area contributed by atoms with E-state index in [9.17, 15) is 5.11 Å². The molecule has 2 aromatic heterocycles. The van der Waals surface area contributed by atoms with E-state index >= 15 is 0 Å². The molecule has 0 aliphatic rings. The number of aliphatic hydroxyl groups is 1. The van der Waals surface area contributed by atoms with E-state index in [0.717, 1.165) is 16.4 Å². The third kappa shape index (κ3) is 2.15. The van der Waals surface area contributed by atoms with Crippen molar-refractivity contribution in [2.45, 2.75) is 26.4 Å². The maximum atomic E-state index is 10.0. The van der Waals surface area contributed by atoms with E-state index in [4.69, 9.17) is 0 Å². The number of nitrogens with zero attached hydrogens (tertiary/aromatic N) is 3. The first-order valence-electron chi connectivity index (χ1n) is 5.17. The van der Waals surface area contributed by atoms with Crippen molar-refractivity contribution in [3.05, 3.63) is 33.5 Å². The molecular formula is C11H15N3OS. The summed E-state index contributed by atoms with van der Waals surface area (Å²) in [4.78, 5) is 5.63. The summed E-state index contributed by atoms with van der Waals surface area (Å²) >= 11 is 1.65. The summed E-state index contributed by atoms with van der Waals surface area (Å²) in [5.41, 5.74) is 1.88. The van der Waals surface area contributed by atoms with Crippen molar-refractivity contribution in [1.29, 1.82) is 0 Å². The molecule has 0 spiro atoms. The van der Waals surface area contributed by atoms with E-state index in [1.54, 1.807) is 22.2 Å². The number of aromatic nitrogens is 3. The zero-order valence-corrected chi connectivity index (χ0v) is 10.5. The van der Waals surface area contributed by atoms with E-state index < -0.39 is 6.10 Å². The Bertz CT molecular complexity index is 470. The van der Waals surface area contributed by atoms with Gasteiger partial charge in [-0.3, -0.25) is 4.68 Å². The lowest BCUT2D eigenvalue weighted by Crippen LogP contribution is -2.07. The Morgan fingerprint density at radius 3 is 2.75 bits per heavy atom. The second kappa shape index (κ2) is 4.35. The van der Waals surface area contributed by atoms with Gasteiger partial charge in [0.2, 0.25) is 0 Å². The van der Waals surface area contributed by atoms with Gasteiger partial charge in [0.15, 0.2) is 0 Å². The topological polar surface area (TPSA) is 50.9 Å². The van der Waals surface area contributed by atoms with Gasteiger partial charge in [0.1, 0.15) is 6.10 Å². The van der Waals surface area contributed by atoms with Gasteiger partial charge in [-0.15, -0.1) is 11.3 Å². The van der Waals surface area contributed by atoms with Crippen LogP contribution in [0, 0.1) is 13.8 Å². The minimum atomic E-state index is -0.530. The molecule has 86 valence electrons. The standard InChI is InChI=1S/C11H15N3OS/c1-7-8(2)16-11(13-7)6-10(15)9-4-5-12-14(9)3/h4-5,10,15H,6H2,1-3H3. The molecule has 0 amide bonds. The van der Waals surface area contributed by atoms with Gasteiger partial charge in [0.05, 0.1) is 16.4 Å². The highest BCUT2D eigenvalue weighted by atomic mass is 32.1. The lowest BCUT2D eigenvalue weighted by Gasteiger charge is -2.08. The lowest BCUT2D eigenvalue weighted by atomic mass is 10.2. The number of hydrogen-bond acceptors (Lipinski definition) is 4. The first-order chi connectivity index (χ1) is 7.58. The van der Waals surface area contributed by atoms with E-state index in [2.05, 4.69) is 10.1 Å². The summed E-state index contributed by atoms with van der Waals surface area (Å²) in [5.74, 6) is 0. The van der Waals surface area contributed by atoms with Crippen molar-refractivity contribution < 1.29 is 5.11 Å². The first kappa shape index (κ1) is 11.3. The highest BCUT2D eigenvalue weighted by molar-refractivity contribution is 7.11. The molecule has 4 nitrogen and oxygen atoms in total. The predicted octanol–water partition coefficient (Wildman–Crippen LogP) is 1.77. The van der Waals surface area contributed by atoms with E-state index in [1.807, 2.05) is 27.0 Å². The van der Waals surface area contributed by atoms with Gasteiger partial charge >= 0.3 is 0 Å². The Labute approximate surface area is 98.6 Å². The first-order valence-corrected chi connectivity index (χ1v) is 5.98. The normalized spacial score (nSPS) is 13.0. The van der Waals surface area contributed by atoms with Crippen molar-refractivity contribution >= 4 is 11.3 Å². The molecule has 1 N–H and O–H groups in total. The molecule has 0 bridgehead atoms. The van der Waals surface area contributed by atoms with Gasteiger partial charge in [0.25, 0.3) is 0 Å². The molecule has 1 atom stereocenters. The molecular weight excluding hydrogens is 222 g/mol. The molecule has 0 aliphatic heterocycles. The number of aliphatic hydroxyl groups excluding tert-OH is 1. The van der Waals surface area contributed by atoms with Crippen molar-refractivity contribution in [2.75, 3.05) is 0 Å². The van der Waals surface area contributed by atoms with E-state index in [1.165, 1.54) is 4.88 Å². The molecule has 0 saturated carbocycles. The minimum absolute atomic E-state index is 0.530. The molecule has 0 fully saturated rings. The van der Waals surface area contributed by atoms with Crippen LogP contribution in [0.1, 0.15) is 27.4 Å². The molecule has 2 heterocycles. The highest BCUT2D eigenvalue weighted by Crippen LogP contribution is 2.22. The highest BCUT2D eigenvalue weighted by Gasteiger charge is 2.14. The van der Waals surface area contributed by atoms with Gasteiger partial charge in [-0.1, -0.05) is 0 Å². The zero-order valence-electron chi connectivity index (χ0n) is 9.64. The number of rotatable bonds is 3. The molecule has 2 aromatic rings. The van der Waals surface area contributed by atoms with Crippen molar-refractivity contribution in [2.24, 2.45) is 7.05 Å². The average Bonchev–Trinajstić information content (AvgIpc) is 2.74. The molecule has 5 heteroatoms. The minimum Gasteiger partial charge on any atom is -0.386 e. The maximum Gasteiger partial charge on any atom is 0.102 e. The molecule has 0 aromatic carbocycles. The van der Waals surface area contributed by atoms with Gasteiger partial charge in [0, 0.05) is 24.5 Å². The van der Waals surface area contributed by atoms with Crippen molar-refractivity contribution in [3.8, 4) is 0 Å². The van der Waals surface area contributed by atoms with Crippen LogP contribution in [0.25, 0.3) is 0 Å². The van der Waals surface area contributed by atoms with Crippen LogP contribution in [0.2, 0.25) is 0 Å². The molecule has 0 radical (unpaired) electrons. The van der Waals surface area contributed by atoms with Gasteiger partial charge in [-0.2, -0.15) is 5.10 Å². The van der Waals surface area contributed by atoms with Crippen LogP contribution in [0.4, 0.5) is 0 Å². The van der Waals surface area contributed by atoms with E-state index in [0.29, 0.717) is 6.42 Å². The third-order valence-corrected chi connectivity index (χ3v) is 3.74. The van der Waals surface area contributed by atoms with Gasteiger partial charge in [-0.05, 0) is 19.9 Å². The summed E-state index contributed by atoms with van der Waals surface area (Å²) < 4.78 is 1.69. The second-order valence-electron chi connectivity index (χ2n) is 3.85. The van der Waals surface area contributed by atoms with Crippen LogP contribution >= 0.6 is 11.3 Å². The number of thiazole rings is 1. The molecule has 0 saturated heterocycles. The Kier molecular flexibility index (Phi) is 3.07. The van der Waals surface area contributed by atoms with Gasteiger partial charge < -0.3 is 5.11 Å². The quantitative estimate of drug-likeness (QED) is 0.885. The Morgan fingerprint density at radius 2 is 2.25 bits per heavy atom. The zero-order chi connectivity index (χ0) is 11.7. The van der Waals surface area contributed by atoms with Crippen LogP contribution in [-0.2, 0) is 13.5 Å². The van der Waals surface area contributed by atoms with Crippen LogP contribution in [-0.4, -0.2) is 19.9 Å². The number of aryl methyl sites for hydroxylation is 3. The monoisotopic (exact) mass is 237 g/mol. The number of hydrogen-bond donors (Lipinski definition) is 1.